The zero-order valence-corrected chi connectivity index (χ0v) is 23.3. The minimum absolute atomic E-state index is 0.0453. The molecule has 0 spiro atoms. The summed E-state index contributed by atoms with van der Waals surface area (Å²) >= 11 is 0. The summed E-state index contributed by atoms with van der Waals surface area (Å²) in [6.45, 7) is 13.8. The van der Waals surface area contributed by atoms with Crippen molar-refractivity contribution >= 4 is 17.3 Å². The van der Waals surface area contributed by atoms with Crippen LogP contribution in [0.2, 0.25) is 0 Å². The molecule has 7 heteroatoms. The molecule has 37 heavy (non-hydrogen) atoms. The lowest BCUT2D eigenvalue weighted by Crippen LogP contribution is -2.64. The van der Waals surface area contributed by atoms with Gasteiger partial charge in [-0.1, -0.05) is 38.5 Å². The summed E-state index contributed by atoms with van der Waals surface area (Å²) in [5.74, 6) is -2.98. The highest BCUT2D eigenvalue weighted by Gasteiger charge is 2.74. The Morgan fingerprint density at radius 1 is 1.05 bits per heavy atom. The SMILES string of the molecule is CC(C)(O)/C=C/C(=O)[C@](C)(O)[C@H]1[C@H](O)C[C@@]2(C)[C@@H]3CC=C4C(C=C(O)C(=O)C4(C)C)[C@]3(C)C(=O)C[C@]12C. The maximum absolute atomic E-state index is 14.2. The number of aliphatic hydroxyl groups excluding tert-OH is 2. The molecular formula is C30H42O7. The number of hydrogen-bond donors (Lipinski definition) is 4. The molecule has 0 aliphatic heterocycles. The van der Waals surface area contributed by atoms with E-state index in [1.165, 1.54) is 32.9 Å². The highest BCUT2D eigenvalue weighted by Crippen LogP contribution is 2.73. The summed E-state index contributed by atoms with van der Waals surface area (Å²) in [6.07, 6.45) is 5.85. The van der Waals surface area contributed by atoms with Crippen molar-refractivity contribution in [3.05, 3.63) is 35.6 Å². The van der Waals surface area contributed by atoms with Crippen molar-refractivity contribution in [2.75, 3.05) is 0 Å². The molecule has 204 valence electrons. The second-order valence-electron chi connectivity index (χ2n) is 13.9. The Bertz CT molecular complexity index is 1150. The molecule has 4 aliphatic rings. The fraction of sp³-hybridized carbons (Fsp3) is 0.700. The average molecular weight is 515 g/mol. The number of allylic oxidation sites excluding steroid dienone is 4. The molecule has 0 saturated heterocycles. The van der Waals surface area contributed by atoms with Crippen molar-refractivity contribution in [1.29, 1.82) is 0 Å². The molecule has 4 aliphatic carbocycles. The van der Waals surface area contributed by atoms with Gasteiger partial charge < -0.3 is 20.4 Å². The van der Waals surface area contributed by atoms with Crippen LogP contribution in [-0.4, -0.2) is 55.1 Å². The summed E-state index contributed by atoms with van der Waals surface area (Å²) < 4.78 is 0. The second-order valence-corrected chi connectivity index (χ2v) is 13.9. The molecule has 0 aromatic rings. The van der Waals surface area contributed by atoms with E-state index in [0.717, 1.165) is 11.6 Å². The van der Waals surface area contributed by atoms with Gasteiger partial charge in [0.2, 0.25) is 5.78 Å². The van der Waals surface area contributed by atoms with Crippen molar-refractivity contribution in [1.82, 2.24) is 0 Å². The number of carbonyl (C=O) groups is 3. The van der Waals surface area contributed by atoms with Gasteiger partial charge in [0.25, 0.3) is 0 Å². The maximum atomic E-state index is 14.2. The lowest BCUT2D eigenvalue weighted by molar-refractivity contribution is -0.179. The Balaban J connectivity index is 1.82. The van der Waals surface area contributed by atoms with Crippen LogP contribution in [0.3, 0.4) is 0 Å². The molecule has 4 N–H and O–H groups in total. The van der Waals surface area contributed by atoms with Crippen LogP contribution in [0.25, 0.3) is 0 Å². The molecule has 7 nitrogen and oxygen atoms in total. The number of fused-ring (bicyclic) bond motifs is 5. The van der Waals surface area contributed by atoms with E-state index in [1.807, 2.05) is 26.8 Å². The minimum atomic E-state index is -1.96. The number of rotatable bonds is 4. The van der Waals surface area contributed by atoms with E-state index in [1.54, 1.807) is 13.8 Å². The molecule has 0 bridgehead atoms. The Kier molecular flexibility index (Phi) is 6.01. The third-order valence-corrected chi connectivity index (χ3v) is 10.8. The zero-order valence-electron chi connectivity index (χ0n) is 23.3. The van der Waals surface area contributed by atoms with Gasteiger partial charge in [0.15, 0.2) is 11.5 Å². The fourth-order valence-electron chi connectivity index (χ4n) is 8.58. The van der Waals surface area contributed by atoms with Crippen LogP contribution in [0.5, 0.6) is 0 Å². The summed E-state index contributed by atoms with van der Waals surface area (Å²) in [7, 11) is 0. The van der Waals surface area contributed by atoms with Gasteiger partial charge in [-0.2, -0.15) is 0 Å². The van der Waals surface area contributed by atoms with Gasteiger partial charge in [-0.3, -0.25) is 14.4 Å². The number of aliphatic hydroxyl groups is 4. The summed E-state index contributed by atoms with van der Waals surface area (Å²) in [6, 6.07) is 0. The van der Waals surface area contributed by atoms with Crippen molar-refractivity contribution in [2.24, 2.45) is 39.4 Å². The predicted molar refractivity (Wildman–Crippen MR) is 138 cm³/mol. The van der Waals surface area contributed by atoms with Crippen LogP contribution >= 0.6 is 0 Å². The first-order valence-corrected chi connectivity index (χ1v) is 13.2. The standard InChI is InChI=1S/C30H42O7/c1-25(2,36)12-11-21(33)30(8,37)23-19(32)14-27(5)20-10-9-16-17(13-18(31)24(35)26(16,3)4)29(20,7)22(34)15-28(23,27)6/h9,11-13,17,19-20,23,31-32,36-37H,10,14-15H2,1-8H3/b12-11+/t17?,19-,20+,23+,27+,28-,29+,30+/m1/s1. The Morgan fingerprint density at radius 3 is 2.22 bits per heavy atom. The first-order chi connectivity index (χ1) is 16.7. The van der Waals surface area contributed by atoms with Gasteiger partial charge in [0.05, 0.1) is 17.1 Å². The van der Waals surface area contributed by atoms with Gasteiger partial charge in [-0.15, -0.1) is 0 Å². The molecule has 1 unspecified atom stereocenters. The summed E-state index contributed by atoms with van der Waals surface area (Å²) in [4.78, 5) is 40.1. The molecular weight excluding hydrogens is 472 g/mol. The van der Waals surface area contributed by atoms with Crippen molar-refractivity contribution in [3.8, 4) is 0 Å². The molecule has 0 aromatic heterocycles. The van der Waals surface area contributed by atoms with E-state index in [0.29, 0.717) is 12.8 Å². The van der Waals surface area contributed by atoms with Crippen molar-refractivity contribution in [3.63, 3.8) is 0 Å². The van der Waals surface area contributed by atoms with E-state index in [-0.39, 0.29) is 29.7 Å². The number of Topliss-reactive ketones (excluding diaryl/α,β-unsaturated/α-hetero) is 2. The highest BCUT2D eigenvalue weighted by molar-refractivity contribution is 6.02. The Hall–Kier alpha value is -2.09. The van der Waals surface area contributed by atoms with Gasteiger partial charge in [-0.05, 0) is 76.4 Å². The van der Waals surface area contributed by atoms with Gasteiger partial charge >= 0.3 is 0 Å². The Labute approximate surface area is 219 Å². The largest absolute Gasteiger partial charge is 0.505 e. The van der Waals surface area contributed by atoms with E-state index >= 15 is 0 Å². The van der Waals surface area contributed by atoms with Crippen molar-refractivity contribution < 1.29 is 34.8 Å². The molecule has 0 radical (unpaired) electrons. The van der Waals surface area contributed by atoms with Crippen LogP contribution in [0.15, 0.2) is 35.6 Å². The lowest BCUT2D eigenvalue weighted by atomic mass is 9.39. The maximum Gasteiger partial charge on any atom is 0.206 e. The van der Waals surface area contributed by atoms with Crippen LogP contribution in [0, 0.1) is 39.4 Å². The zero-order chi connectivity index (χ0) is 28.1. The molecule has 4 rings (SSSR count). The highest BCUT2D eigenvalue weighted by atomic mass is 16.3. The van der Waals surface area contributed by atoms with E-state index in [2.05, 4.69) is 0 Å². The smallest absolute Gasteiger partial charge is 0.206 e. The monoisotopic (exact) mass is 514 g/mol. The van der Waals surface area contributed by atoms with Crippen LogP contribution in [0.1, 0.15) is 74.7 Å². The predicted octanol–water partition coefficient (Wildman–Crippen LogP) is 3.62. The van der Waals surface area contributed by atoms with Gasteiger partial charge in [0.1, 0.15) is 11.4 Å². The lowest BCUT2D eigenvalue weighted by Gasteiger charge is -2.63. The van der Waals surface area contributed by atoms with Crippen LogP contribution in [0.4, 0.5) is 0 Å². The summed E-state index contributed by atoms with van der Waals surface area (Å²) in [5.41, 5.74) is -5.75. The third-order valence-electron chi connectivity index (χ3n) is 10.8. The molecule has 0 amide bonds. The minimum Gasteiger partial charge on any atom is -0.505 e. The van der Waals surface area contributed by atoms with E-state index in [4.69, 9.17) is 0 Å². The quantitative estimate of drug-likeness (QED) is 0.333. The third kappa shape index (κ3) is 3.60. The molecule has 8 atom stereocenters. The number of carbonyl (C=O) groups excluding carboxylic acids is 3. The number of ketones is 3. The first-order valence-electron chi connectivity index (χ1n) is 13.2. The Morgan fingerprint density at radius 2 is 1.65 bits per heavy atom. The molecule has 2 saturated carbocycles. The van der Waals surface area contributed by atoms with Crippen LogP contribution < -0.4 is 0 Å². The molecule has 0 aromatic carbocycles. The first kappa shape index (κ1) is 27.9. The van der Waals surface area contributed by atoms with E-state index in [9.17, 15) is 34.8 Å². The van der Waals surface area contributed by atoms with E-state index < -0.39 is 56.6 Å². The fourth-order valence-corrected chi connectivity index (χ4v) is 8.58. The van der Waals surface area contributed by atoms with Gasteiger partial charge in [-0.25, -0.2) is 0 Å². The van der Waals surface area contributed by atoms with Crippen molar-refractivity contribution in [2.45, 2.75) is 92.0 Å². The normalized spacial score (nSPS) is 42.9. The average Bonchev–Trinajstić information content (AvgIpc) is 2.96. The second kappa shape index (κ2) is 7.96. The topological polar surface area (TPSA) is 132 Å². The van der Waals surface area contributed by atoms with Crippen LogP contribution in [-0.2, 0) is 14.4 Å². The number of hydrogen-bond acceptors (Lipinski definition) is 7. The summed E-state index contributed by atoms with van der Waals surface area (Å²) in [5, 5.41) is 43.6. The molecule has 0 heterocycles. The van der Waals surface area contributed by atoms with Gasteiger partial charge in [0, 0.05) is 23.7 Å². The molecule has 2 fully saturated rings.